The Labute approximate surface area is 193 Å². The Kier molecular flexibility index (Phi) is 3.99. The fraction of sp³-hybridized carbons (Fsp3) is 0.690. The molecule has 1 radical (unpaired) electrons. The molecule has 1 aliphatic heterocycles. The van der Waals surface area contributed by atoms with Gasteiger partial charge in [-0.25, -0.2) is 0 Å². The molecule has 4 bridgehead atoms. The van der Waals surface area contributed by atoms with Crippen LogP contribution in [0.4, 0.5) is 0 Å². The monoisotopic (exact) mass is 447 g/mol. The summed E-state index contributed by atoms with van der Waals surface area (Å²) in [6.45, 7) is 20.9. The van der Waals surface area contributed by atoms with E-state index in [1.165, 1.54) is 44.9 Å². The van der Waals surface area contributed by atoms with Gasteiger partial charge in [0.25, 0.3) is 0 Å². The van der Waals surface area contributed by atoms with E-state index in [9.17, 15) is 0 Å². The van der Waals surface area contributed by atoms with E-state index in [0.717, 1.165) is 11.8 Å². The summed E-state index contributed by atoms with van der Waals surface area (Å²) in [4.78, 5) is 0. The van der Waals surface area contributed by atoms with E-state index in [2.05, 4.69) is 78.0 Å². The zero-order chi connectivity index (χ0) is 22.2. The van der Waals surface area contributed by atoms with E-state index in [0.29, 0.717) is 10.1 Å². The van der Waals surface area contributed by atoms with Crippen molar-refractivity contribution in [3.8, 4) is 0 Å². The van der Waals surface area contributed by atoms with Crippen LogP contribution in [0.2, 0.25) is 30.8 Å². The first-order valence-electron chi connectivity index (χ1n) is 13.1. The number of rotatable bonds is 2. The third-order valence-electron chi connectivity index (χ3n) is 11.5. The zero-order valence-electron chi connectivity index (χ0n) is 21.3. The van der Waals surface area contributed by atoms with Crippen molar-refractivity contribution in [1.82, 2.24) is 0 Å². The van der Waals surface area contributed by atoms with Crippen LogP contribution in [0.15, 0.2) is 17.7 Å². The standard InChI is InChI=1S/C29H43Si2/c1-9-19-11-22-15-23(27(2,3)4)16-26(25(22)14-19)28-17-20-10-21(18-28)13-24(12-20)29(28)30(5,6)31(29,7)8/h11,15-16,20-21H,9-10,12-14,17-18H2,1-8H3. The van der Waals surface area contributed by atoms with Gasteiger partial charge in [-0.2, -0.15) is 0 Å². The number of hydrogen-bond donors (Lipinski definition) is 0. The van der Waals surface area contributed by atoms with Crippen LogP contribution >= 0.6 is 0 Å². The van der Waals surface area contributed by atoms with Crippen molar-refractivity contribution >= 4 is 21.3 Å². The van der Waals surface area contributed by atoms with Crippen LogP contribution in [-0.2, 0) is 17.3 Å². The molecule has 0 N–H and O–H groups in total. The highest BCUT2D eigenvalue weighted by Gasteiger charge is 2.90. The minimum Gasteiger partial charge on any atom is -0.0710 e. The van der Waals surface area contributed by atoms with Gasteiger partial charge in [-0.1, -0.05) is 77.7 Å². The predicted molar refractivity (Wildman–Crippen MR) is 140 cm³/mol. The van der Waals surface area contributed by atoms with Gasteiger partial charge in [-0.3, -0.25) is 0 Å². The summed E-state index contributed by atoms with van der Waals surface area (Å²) in [5.74, 6) is 4.07. The van der Waals surface area contributed by atoms with Crippen LogP contribution in [0.3, 0.4) is 0 Å². The second kappa shape index (κ2) is 5.90. The Morgan fingerprint density at radius 3 is 2.10 bits per heavy atom. The minimum atomic E-state index is -1.23. The number of benzene rings is 1. The number of allylic oxidation sites excluding steroid dienone is 1. The summed E-state index contributed by atoms with van der Waals surface area (Å²) in [5.41, 5.74) is 9.17. The van der Waals surface area contributed by atoms with Gasteiger partial charge in [0.05, 0.1) is 0 Å². The van der Waals surface area contributed by atoms with Crippen molar-refractivity contribution in [2.75, 3.05) is 0 Å². The van der Waals surface area contributed by atoms with Crippen LogP contribution < -0.4 is 0 Å². The maximum absolute atomic E-state index is 2.82. The molecule has 1 aromatic rings. The maximum atomic E-state index is 2.82. The van der Waals surface area contributed by atoms with Crippen LogP contribution in [0.5, 0.6) is 0 Å². The lowest BCUT2D eigenvalue weighted by Gasteiger charge is -2.65. The normalized spacial score (nSPS) is 36.1. The highest BCUT2D eigenvalue weighted by molar-refractivity contribution is 7.61. The molecule has 167 valence electrons. The molecule has 1 saturated heterocycles. The molecule has 1 aromatic carbocycles. The molecule has 4 saturated carbocycles. The lowest BCUT2D eigenvalue weighted by molar-refractivity contribution is 0.0502. The SMILES string of the molecule is CCC1=Cc2cc(C(C)(C)C)cc(C34CC5C[C](CC(C5)C3)C43[Si](C)(C)[Si]3(C)C)c2C1. The molecule has 5 fully saturated rings. The molecule has 2 unspecified atom stereocenters. The van der Waals surface area contributed by atoms with E-state index in [-0.39, 0.29) is 5.41 Å². The minimum absolute atomic E-state index is 0.221. The van der Waals surface area contributed by atoms with Crippen molar-refractivity contribution in [3.63, 3.8) is 0 Å². The lowest BCUT2D eigenvalue weighted by atomic mass is 9.46. The van der Waals surface area contributed by atoms with Gasteiger partial charge in [0.15, 0.2) is 0 Å². The van der Waals surface area contributed by atoms with Crippen molar-refractivity contribution in [3.05, 3.63) is 45.9 Å². The van der Waals surface area contributed by atoms with Crippen molar-refractivity contribution in [2.45, 2.75) is 114 Å². The lowest BCUT2D eigenvalue weighted by Crippen LogP contribution is -2.57. The molecule has 31 heavy (non-hydrogen) atoms. The van der Waals surface area contributed by atoms with E-state index in [4.69, 9.17) is 0 Å². The van der Waals surface area contributed by atoms with Gasteiger partial charge >= 0.3 is 0 Å². The summed E-state index contributed by atoms with van der Waals surface area (Å²) < 4.78 is 0.680. The van der Waals surface area contributed by atoms with Gasteiger partial charge in [0.1, 0.15) is 0 Å². The van der Waals surface area contributed by atoms with Crippen LogP contribution in [0, 0.1) is 17.8 Å². The maximum Gasteiger partial charge on any atom is 0.0466 e. The molecule has 6 aliphatic rings. The first-order chi connectivity index (χ1) is 14.4. The quantitative estimate of drug-likeness (QED) is 0.401. The van der Waals surface area contributed by atoms with Gasteiger partial charge in [0, 0.05) is 15.2 Å². The van der Waals surface area contributed by atoms with Crippen LogP contribution in [-0.4, -0.2) is 15.2 Å². The number of fused-ring (bicyclic) bond motifs is 1. The Hall–Kier alpha value is -0.606. The van der Waals surface area contributed by atoms with Crippen molar-refractivity contribution in [1.29, 1.82) is 0 Å². The molecular weight excluding hydrogens is 404 g/mol. The second-order valence-corrected chi connectivity index (χ2v) is 30.1. The average molecular weight is 448 g/mol. The summed E-state index contributed by atoms with van der Waals surface area (Å²) in [6.07, 6.45) is 12.6. The van der Waals surface area contributed by atoms with E-state index in [1.807, 2.05) is 5.56 Å². The van der Waals surface area contributed by atoms with Gasteiger partial charge < -0.3 is 0 Å². The Morgan fingerprint density at radius 2 is 1.58 bits per heavy atom. The average Bonchev–Trinajstić information content (AvgIpc) is 2.95. The van der Waals surface area contributed by atoms with Gasteiger partial charge in [0.2, 0.25) is 0 Å². The predicted octanol–water partition coefficient (Wildman–Crippen LogP) is 8.16. The molecular formula is C29H43Si2. The highest BCUT2D eigenvalue weighted by atomic mass is 29.3. The van der Waals surface area contributed by atoms with E-state index >= 15 is 0 Å². The molecule has 5 aliphatic carbocycles. The number of hydrogen-bond acceptors (Lipinski definition) is 0. The molecule has 1 spiro atoms. The molecule has 7 rings (SSSR count). The third kappa shape index (κ3) is 2.23. The Morgan fingerprint density at radius 1 is 0.968 bits per heavy atom. The smallest absolute Gasteiger partial charge is 0.0466 e. The first kappa shape index (κ1) is 21.0. The fourth-order valence-electron chi connectivity index (χ4n) is 10.2. The Bertz CT molecular complexity index is 974. The van der Waals surface area contributed by atoms with Crippen LogP contribution in [0.25, 0.3) is 6.08 Å². The molecule has 2 atom stereocenters. The molecule has 0 amide bonds. The Balaban J connectivity index is 1.64. The second-order valence-electron chi connectivity index (χ2n) is 14.1. The van der Waals surface area contributed by atoms with E-state index in [1.54, 1.807) is 22.3 Å². The van der Waals surface area contributed by atoms with Crippen LogP contribution in [0.1, 0.15) is 88.5 Å². The van der Waals surface area contributed by atoms with Gasteiger partial charge in [-0.15, -0.1) is 0 Å². The summed E-state index contributed by atoms with van der Waals surface area (Å²) in [6, 6.07) is 5.34. The van der Waals surface area contributed by atoms with E-state index < -0.39 is 15.2 Å². The van der Waals surface area contributed by atoms with Crippen molar-refractivity contribution < 1.29 is 0 Å². The van der Waals surface area contributed by atoms with Crippen molar-refractivity contribution in [2.24, 2.45) is 11.8 Å². The fourth-order valence-corrected chi connectivity index (χ4v) is 32.9. The first-order valence-corrected chi connectivity index (χ1v) is 20.1. The summed E-state index contributed by atoms with van der Waals surface area (Å²) in [5, 5.41) is 0. The zero-order valence-corrected chi connectivity index (χ0v) is 23.3. The topological polar surface area (TPSA) is 0 Å². The summed E-state index contributed by atoms with van der Waals surface area (Å²) in [7, 11) is -2.47. The largest absolute Gasteiger partial charge is 0.0710 e. The highest BCUT2D eigenvalue weighted by Crippen LogP contribution is 2.88. The molecule has 1 heterocycles. The molecule has 2 heteroatoms. The molecule has 0 aromatic heterocycles. The van der Waals surface area contributed by atoms with Gasteiger partial charge in [-0.05, 0) is 100 Å². The molecule has 0 nitrogen and oxygen atoms in total. The summed E-state index contributed by atoms with van der Waals surface area (Å²) >= 11 is 0. The third-order valence-corrected chi connectivity index (χ3v) is 34.2.